The van der Waals surface area contributed by atoms with E-state index in [0.717, 1.165) is 31.5 Å². The number of carboxylic acid groups (broad SMARTS) is 1. The van der Waals surface area contributed by atoms with E-state index >= 15 is 0 Å². The number of anilines is 1. The fourth-order valence-electron chi connectivity index (χ4n) is 4.06. The summed E-state index contributed by atoms with van der Waals surface area (Å²) in [4.78, 5) is 26.6. The second-order valence-electron chi connectivity index (χ2n) is 7.37. The number of carbonyl (C=O) groups excluding carboxylic acids is 1. The number of carboxylic acids is 1. The minimum atomic E-state index is -1.16. The predicted molar refractivity (Wildman–Crippen MR) is 109 cm³/mol. The second kappa shape index (κ2) is 8.91. The first-order valence-electron chi connectivity index (χ1n) is 9.99. The van der Waals surface area contributed by atoms with Crippen LogP contribution in [0.3, 0.4) is 0 Å². The molecule has 28 heavy (non-hydrogen) atoms. The van der Waals surface area contributed by atoms with Crippen LogP contribution in [-0.4, -0.2) is 34.6 Å². The first kappa shape index (κ1) is 19.9. The third-order valence-corrected chi connectivity index (χ3v) is 5.44. The van der Waals surface area contributed by atoms with Crippen LogP contribution >= 0.6 is 0 Å². The van der Waals surface area contributed by atoms with Crippen LogP contribution in [0.5, 0.6) is 5.75 Å². The van der Waals surface area contributed by atoms with Gasteiger partial charge >= 0.3 is 5.97 Å². The Bertz CT molecular complexity index is 855. The van der Waals surface area contributed by atoms with Crippen molar-refractivity contribution in [2.75, 3.05) is 11.4 Å². The molecule has 2 aromatic carbocycles. The average Bonchev–Trinajstić information content (AvgIpc) is 2.72. The Morgan fingerprint density at radius 2 is 1.68 bits per heavy atom. The van der Waals surface area contributed by atoms with E-state index in [1.54, 1.807) is 24.3 Å². The Hall–Kier alpha value is -2.82. The molecule has 0 bridgehead atoms. The fraction of sp³-hybridized carbons (Fsp3) is 0.391. The van der Waals surface area contributed by atoms with Crippen molar-refractivity contribution in [3.8, 4) is 5.75 Å². The van der Waals surface area contributed by atoms with E-state index in [1.807, 2.05) is 6.07 Å². The van der Waals surface area contributed by atoms with Crippen LogP contribution in [0.15, 0.2) is 42.5 Å². The molecule has 5 heteroatoms. The zero-order chi connectivity index (χ0) is 20.1. The van der Waals surface area contributed by atoms with Crippen LogP contribution in [0.1, 0.15) is 71.7 Å². The molecule has 3 rings (SSSR count). The van der Waals surface area contributed by atoms with Gasteiger partial charge in [0, 0.05) is 29.9 Å². The summed E-state index contributed by atoms with van der Waals surface area (Å²) in [6.07, 6.45) is 7.02. The summed E-state index contributed by atoms with van der Waals surface area (Å²) in [7, 11) is 0. The first-order chi connectivity index (χ1) is 13.5. The molecular formula is C23H27NO4. The van der Waals surface area contributed by atoms with Crippen molar-refractivity contribution in [1.82, 2.24) is 0 Å². The zero-order valence-electron chi connectivity index (χ0n) is 16.2. The summed E-state index contributed by atoms with van der Waals surface area (Å²) >= 11 is 0. The topological polar surface area (TPSA) is 77.8 Å². The number of phenols is 1. The van der Waals surface area contributed by atoms with E-state index in [2.05, 4.69) is 11.8 Å². The minimum Gasteiger partial charge on any atom is -0.507 e. The van der Waals surface area contributed by atoms with Gasteiger partial charge < -0.3 is 15.1 Å². The molecule has 0 atom stereocenters. The molecule has 0 radical (unpaired) electrons. The van der Waals surface area contributed by atoms with Gasteiger partial charge in [-0.05, 0) is 37.5 Å². The predicted octanol–water partition coefficient (Wildman–Crippen LogP) is 4.87. The monoisotopic (exact) mass is 381 g/mol. The Labute approximate surface area is 165 Å². The number of aromatic carboxylic acids is 1. The fourth-order valence-corrected chi connectivity index (χ4v) is 4.06. The largest absolute Gasteiger partial charge is 0.507 e. The molecule has 1 aliphatic rings. The van der Waals surface area contributed by atoms with Crippen LogP contribution in [0.25, 0.3) is 0 Å². The Morgan fingerprint density at radius 3 is 2.29 bits per heavy atom. The Balaban J connectivity index is 1.91. The van der Waals surface area contributed by atoms with Crippen LogP contribution in [0.4, 0.5) is 5.69 Å². The van der Waals surface area contributed by atoms with Crippen LogP contribution < -0.4 is 4.90 Å². The number of nitrogens with zero attached hydrogens (tertiary/aromatic N) is 1. The van der Waals surface area contributed by atoms with E-state index in [1.165, 1.54) is 31.4 Å². The molecule has 0 aliphatic heterocycles. The minimum absolute atomic E-state index is 0.0641. The van der Waals surface area contributed by atoms with Gasteiger partial charge in [-0.3, -0.25) is 4.79 Å². The molecule has 2 aromatic rings. The maximum atomic E-state index is 12.9. The van der Waals surface area contributed by atoms with E-state index in [0.29, 0.717) is 6.04 Å². The number of phenolic OH excluding ortho intramolecular Hbond substituents is 1. The lowest BCUT2D eigenvalue weighted by Gasteiger charge is -2.36. The number of hydrogen-bond acceptors (Lipinski definition) is 4. The molecule has 0 aromatic heterocycles. The molecule has 148 valence electrons. The summed E-state index contributed by atoms with van der Waals surface area (Å²) in [5, 5.41) is 19.9. The van der Waals surface area contributed by atoms with Crippen molar-refractivity contribution in [3.05, 3.63) is 59.2 Å². The Kier molecular flexibility index (Phi) is 6.34. The van der Waals surface area contributed by atoms with E-state index in [4.69, 9.17) is 0 Å². The lowest BCUT2D eigenvalue weighted by molar-refractivity contribution is 0.0692. The molecular weight excluding hydrogens is 354 g/mol. The van der Waals surface area contributed by atoms with Gasteiger partial charge in [0.2, 0.25) is 0 Å². The molecule has 0 amide bonds. The van der Waals surface area contributed by atoms with Crippen molar-refractivity contribution in [2.45, 2.75) is 51.5 Å². The average molecular weight is 381 g/mol. The van der Waals surface area contributed by atoms with E-state index < -0.39 is 11.8 Å². The Morgan fingerprint density at radius 1 is 1.00 bits per heavy atom. The lowest BCUT2D eigenvalue weighted by atomic mass is 9.93. The van der Waals surface area contributed by atoms with Crippen LogP contribution in [0, 0.1) is 0 Å². The summed E-state index contributed by atoms with van der Waals surface area (Å²) in [5.74, 6) is -1.76. The standard InChI is InChI=1S/C23H27NO4/c1-2-14-24(16-8-4-3-5-9-16)17-12-13-20(21(25)15-17)22(26)18-10-6-7-11-19(18)23(27)28/h6-7,10-13,15-16,25H,2-5,8-9,14H2,1H3,(H,27,28). The first-order valence-corrected chi connectivity index (χ1v) is 9.99. The number of ketones is 1. The maximum absolute atomic E-state index is 12.9. The molecule has 1 fully saturated rings. The third kappa shape index (κ3) is 4.19. The molecule has 5 nitrogen and oxygen atoms in total. The molecule has 0 saturated heterocycles. The van der Waals surface area contributed by atoms with Gasteiger partial charge in [0.15, 0.2) is 5.78 Å². The number of rotatable bonds is 7. The molecule has 0 heterocycles. The highest BCUT2D eigenvalue weighted by Gasteiger charge is 2.24. The van der Waals surface area contributed by atoms with Crippen molar-refractivity contribution >= 4 is 17.4 Å². The van der Waals surface area contributed by atoms with Crippen molar-refractivity contribution < 1.29 is 19.8 Å². The maximum Gasteiger partial charge on any atom is 0.336 e. The molecule has 1 saturated carbocycles. The summed E-state index contributed by atoms with van der Waals surface area (Å²) < 4.78 is 0. The van der Waals surface area contributed by atoms with E-state index in [9.17, 15) is 19.8 Å². The summed E-state index contributed by atoms with van der Waals surface area (Å²) in [6.45, 7) is 3.04. The van der Waals surface area contributed by atoms with Crippen LogP contribution in [0.2, 0.25) is 0 Å². The third-order valence-electron chi connectivity index (χ3n) is 5.44. The number of aromatic hydroxyl groups is 1. The quantitative estimate of drug-likeness (QED) is 0.669. The highest BCUT2D eigenvalue weighted by molar-refractivity contribution is 6.15. The van der Waals surface area contributed by atoms with Gasteiger partial charge in [-0.15, -0.1) is 0 Å². The molecule has 1 aliphatic carbocycles. The SMILES string of the molecule is CCCN(c1ccc(C(=O)c2ccccc2C(=O)O)c(O)c1)C1CCCCC1. The molecule has 2 N–H and O–H groups in total. The smallest absolute Gasteiger partial charge is 0.336 e. The second-order valence-corrected chi connectivity index (χ2v) is 7.37. The highest BCUT2D eigenvalue weighted by atomic mass is 16.4. The lowest BCUT2D eigenvalue weighted by Crippen LogP contribution is -2.37. The van der Waals surface area contributed by atoms with Gasteiger partial charge in [0.05, 0.1) is 11.1 Å². The van der Waals surface area contributed by atoms with Crippen molar-refractivity contribution in [1.29, 1.82) is 0 Å². The van der Waals surface area contributed by atoms with Gasteiger partial charge in [0.1, 0.15) is 5.75 Å². The van der Waals surface area contributed by atoms with Gasteiger partial charge in [-0.2, -0.15) is 0 Å². The molecule has 0 spiro atoms. The number of benzene rings is 2. The van der Waals surface area contributed by atoms with Gasteiger partial charge in [-0.25, -0.2) is 4.79 Å². The number of hydrogen-bond donors (Lipinski definition) is 2. The summed E-state index contributed by atoms with van der Waals surface area (Å²) in [6, 6.07) is 11.6. The highest BCUT2D eigenvalue weighted by Crippen LogP contribution is 2.32. The van der Waals surface area contributed by atoms with Crippen molar-refractivity contribution in [2.24, 2.45) is 0 Å². The van der Waals surface area contributed by atoms with E-state index in [-0.39, 0.29) is 22.4 Å². The van der Waals surface area contributed by atoms with Crippen LogP contribution in [-0.2, 0) is 0 Å². The van der Waals surface area contributed by atoms with Gasteiger partial charge in [-0.1, -0.05) is 44.4 Å². The zero-order valence-corrected chi connectivity index (χ0v) is 16.2. The normalized spacial score (nSPS) is 14.6. The number of carbonyl (C=O) groups is 2. The summed E-state index contributed by atoms with van der Waals surface area (Å²) in [5.41, 5.74) is 1.05. The van der Waals surface area contributed by atoms with Gasteiger partial charge in [0.25, 0.3) is 0 Å². The van der Waals surface area contributed by atoms with Crippen molar-refractivity contribution in [3.63, 3.8) is 0 Å². The molecule has 0 unspecified atom stereocenters.